The molecule has 1 nitrogen and oxygen atoms in total. The number of aldehydes is 1. The quantitative estimate of drug-likeness (QED) is 0.675. The molecule has 0 aromatic rings. The fraction of sp³-hybridized carbons (Fsp3) is 0.952. The summed E-state index contributed by atoms with van der Waals surface area (Å²) >= 11 is 0. The van der Waals surface area contributed by atoms with Crippen molar-refractivity contribution in [3.8, 4) is 0 Å². The van der Waals surface area contributed by atoms with Gasteiger partial charge >= 0.3 is 0 Å². The van der Waals surface area contributed by atoms with Crippen LogP contribution in [-0.2, 0) is 4.79 Å². The van der Waals surface area contributed by atoms with Gasteiger partial charge in [0.05, 0.1) is 0 Å². The SMILES string of the molecule is O=CC12C3C4C5C6C7C8C5C3C3C8C5C7C7C6C4C1C7C5C32. The standard InChI is InChI=1S/C21H20O/c22-1-21-18-12-6-3-2-4-8(6)14(18)16-10(4)11-5(2)9-7(3)13(12)19(21)15(9)17(11)20(16)21/h1-20H. The van der Waals surface area contributed by atoms with Gasteiger partial charge in [-0.2, -0.15) is 0 Å². The largest absolute Gasteiger partial charge is 0.303 e. The molecule has 12 saturated carbocycles. The van der Waals surface area contributed by atoms with Gasteiger partial charge in [0.15, 0.2) is 0 Å². The van der Waals surface area contributed by atoms with Gasteiger partial charge in [-0.25, -0.2) is 0 Å². The average molecular weight is 288 g/mol. The summed E-state index contributed by atoms with van der Waals surface area (Å²) in [5.41, 5.74) is 0.262. The minimum Gasteiger partial charge on any atom is -0.303 e. The van der Waals surface area contributed by atoms with Crippen molar-refractivity contribution in [3.63, 3.8) is 0 Å². The molecular formula is C21H20O. The smallest absolute Gasteiger partial charge is 0.127 e. The van der Waals surface area contributed by atoms with Gasteiger partial charge in [-0.3, -0.25) is 0 Å². The van der Waals surface area contributed by atoms with Crippen LogP contribution in [0.3, 0.4) is 0 Å². The van der Waals surface area contributed by atoms with E-state index in [9.17, 15) is 4.79 Å². The van der Waals surface area contributed by atoms with E-state index in [1.807, 2.05) is 0 Å². The molecule has 0 saturated heterocycles. The predicted molar refractivity (Wildman–Crippen MR) is 74.8 cm³/mol. The molecule has 12 aliphatic rings. The second kappa shape index (κ2) is 1.97. The normalized spacial score (nSPS) is 102. The third kappa shape index (κ3) is 0.414. The predicted octanol–water partition coefficient (Wildman–Crippen LogP) is 2.03. The first kappa shape index (κ1) is 9.23. The molecule has 0 amide bonds. The van der Waals surface area contributed by atoms with Gasteiger partial charge in [-0.05, 0) is 112 Å². The van der Waals surface area contributed by atoms with E-state index < -0.39 is 0 Å². The van der Waals surface area contributed by atoms with Crippen molar-refractivity contribution < 1.29 is 4.79 Å². The molecule has 0 radical (unpaired) electrons. The van der Waals surface area contributed by atoms with Gasteiger partial charge in [0.2, 0.25) is 0 Å². The molecule has 0 aromatic carbocycles. The Morgan fingerprint density at radius 1 is 0.409 bits per heavy atom. The van der Waals surface area contributed by atoms with Crippen molar-refractivity contribution in [1.82, 2.24) is 0 Å². The molecule has 12 unspecified atom stereocenters. The molecule has 0 spiro atoms. The van der Waals surface area contributed by atoms with E-state index >= 15 is 0 Å². The maximum Gasteiger partial charge on any atom is 0.127 e. The second-order valence-electron chi connectivity index (χ2n) is 11.9. The van der Waals surface area contributed by atoms with Crippen LogP contribution in [0.15, 0.2) is 0 Å². The van der Waals surface area contributed by atoms with E-state index in [1.54, 1.807) is 6.29 Å². The molecule has 0 heterocycles. The van der Waals surface area contributed by atoms with Crippen molar-refractivity contribution in [1.29, 1.82) is 0 Å². The first-order valence-corrected chi connectivity index (χ1v) is 10.4. The monoisotopic (exact) mass is 288 g/mol. The highest BCUT2D eigenvalue weighted by molar-refractivity contribution is 5.69. The lowest BCUT2D eigenvalue weighted by Gasteiger charge is -2.35. The molecule has 0 bridgehead atoms. The second-order valence-corrected chi connectivity index (χ2v) is 11.9. The van der Waals surface area contributed by atoms with Crippen LogP contribution in [0, 0.1) is 118 Å². The Bertz CT molecular complexity index is 654. The number of hydrogen-bond acceptors (Lipinski definition) is 1. The topological polar surface area (TPSA) is 17.1 Å². The Kier molecular flexibility index (Phi) is 0.828. The molecule has 0 aliphatic heterocycles. The summed E-state index contributed by atoms with van der Waals surface area (Å²) in [7, 11) is 0. The Labute approximate surface area is 129 Å². The first-order valence-electron chi connectivity index (χ1n) is 10.4. The number of rotatable bonds is 1. The first-order chi connectivity index (χ1) is 10.9. The number of carbonyl (C=O) groups is 1. The lowest BCUT2D eigenvalue weighted by molar-refractivity contribution is -0.122. The summed E-state index contributed by atoms with van der Waals surface area (Å²) in [5.74, 6) is 21.0. The molecular weight excluding hydrogens is 268 g/mol. The van der Waals surface area contributed by atoms with Gasteiger partial charge in [0, 0.05) is 5.41 Å². The van der Waals surface area contributed by atoms with Crippen LogP contribution in [0.5, 0.6) is 0 Å². The Balaban J connectivity index is 1.47. The Hall–Kier alpha value is -0.330. The lowest BCUT2D eigenvalue weighted by Crippen LogP contribution is -2.37. The fourth-order valence-electron chi connectivity index (χ4n) is 15.8. The van der Waals surface area contributed by atoms with Crippen LogP contribution < -0.4 is 0 Å². The van der Waals surface area contributed by atoms with Gasteiger partial charge in [0.25, 0.3) is 0 Å². The molecule has 22 heavy (non-hydrogen) atoms. The summed E-state index contributed by atoms with van der Waals surface area (Å²) in [4.78, 5) is 12.7. The molecule has 110 valence electrons. The number of hydrogen-bond donors (Lipinski definition) is 0. The molecule has 0 aromatic heterocycles. The minimum absolute atomic E-state index is 0.262. The highest BCUT2D eigenvalue weighted by Gasteiger charge is 3.01. The zero-order valence-electron chi connectivity index (χ0n) is 12.5. The molecule has 12 atom stereocenters. The molecule has 12 rings (SSSR count). The summed E-state index contributed by atoms with van der Waals surface area (Å²) in [6, 6.07) is 0. The summed E-state index contributed by atoms with van der Waals surface area (Å²) < 4.78 is 0. The van der Waals surface area contributed by atoms with E-state index in [-0.39, 0.29) is 5.41 Å². The molecule has 1 heteroatoms. The van der Waals surface area contributed by atoms with Crippen molar-refractivity contribution in [2.45, 2.75) is 0 Å². The van der Waals surface area contributed by atoms with Crippen LogP contribution in [0.4, 0.5) is 0 Å². The Morgan fingerprint density at radius 2 is 0.636 bits per heavy atom. The van der Waals surface area contributed by atoms with E-state index in [0.29, 0.717) is 0 Å². The zero-order valence-corrected chi connectivity index (χ0v) is 12.5. The van der Waals surface area contributed by atoms with Crippen molar-refractivity contribution in [3.05, 3.63) is 0 Å². The van der Waals surface area contributed by atoms with E-state index in [2.05, 4.69) is 0 Å². The summed E-state index contributed by atoms with van der Waals surface area (Å²) in [6.07, 6.45) is 1.64. The fourth-order valence-corrected chi connectivity index (χ4v) is 15.8. The third-order valence-electron chi connectivity index (χ3n) is 13.8. The van der Waals surface area contributed by atoms with Gasteiger partial charge < -0.3 is 4.79 Å². The van der Waals surface area contributed by atoms with Crippen LogP contribution in [0.2, 0.25) is 0 Å². The number of carbonyl (C=O) groups excluding carboxylic acids is 1. The van der Waals surface area contributed by atoms with E-state index in [4.69, 9.17) is 0 Å². The van der Waals surface area contributed by atoms with E-state index in [1.165, 1.54) is 23.7 Å². The lowest BCUT2D eigenvalue weighted by atomic mass is 9.67. The van der Waals surface area contributed by atoms with Gasteiger partial charge in [-0.15, -0.1) is 0 Å². The zero-order chi connectivity index (χ0) is 13.2. The third-order valence-corrected chi connectivity index (χ3v) is 13.8. The van der Waals surface area contributed by atoms with Gasteiger partial charge in [0.1, 0.15) is 6.29 Å². The van der Waals surface area contributed by atoms with Crippen LogP contribution in [0.25, 0.3) is 0 Å². The van der Waals surface area contributed by atoms with Crippen molar-refractivity contribution >= 4 is 6.29 Å². The Morgan fingerprint density at radius 3 is 0.864 bits per heavy atom. The van der Waals surface area contributed by atoms with Crippen LogP contribution >= 0.6 is 0 Å². The summed E-state index contributed by atoms with van der Waals surface area (Å²) in [6.45, 7) is 0. The molecule has 12 aliphatic carbocycles. The van der Waals surface area contributed by atoms with E-state index in [0.717, 1.165) is 88.8 Å². The highest BCUT2D eigenvalue weighted by Crippen LogP contribution is 3.04. The van der Waals surface area contributed by atoms with Crippen molar-refractivity contribution in [2.75, 3.05) is 0 Å². The molecule has 12 fully saturated rings. The summed E-state index contributed by atoms with van der Waals surface area (Å²) in [5, 5.41) is 0. The highest BCUT2D eigenvalue weighted by atomic mass is 16.1. The minimum atomic E-state index is 0.262. The maximum atomic E-state index is 12.7. The van der Waals surface area contributed by atoms with Gasteiger partial charge in [-0.1, -0.05) is 0 Å². The van der Waals surface area contributed by atoms with Crippen LogP contribution in [-0.4, -0.2) is 6.29 Å². The molecule has 0 N–H and O–H groups in total. The maximum absolute atomic E-state index is 12.7. The van der Waals surface area contributed by atoms with Crippen molar-refractivity contribution in [2.24, 2.45) is 118 Å². The van der Waals surface area contributed by atoms with Crippen LogP contribution in [0.1, 0.15) is 0 Å². The average Bonchev–Trinajstić information content (AvgIpc) is 3.18.